The van der Waals surface area contributed by atoms with E-state index in [-0.39, 0.29) is 11.5 Å². The number of nitrogens with zero attached hydrogens (tertiary/aromatic N) is 2. The molecule has 38 heavy (non-hydrogen) atoms. The summed E-state index contributed by atoms with van der Waals surface area (Å²) in [6.45, 7) is 2.14. The molecule has 1 aliphatic rings. The van der Waals surface area contributed by atoms with Crippen LogP contribution >= 0.6 is 27.7 Å². The Hall–Kier alpha value is -4.07. The number of hydrogen-bond acceptors (Lipinski definition) is 7. The molecule has 0 aromatic heterocycles. The second-order valence-corrected chi connectivity index (χ2v) is 9.92. The number of carbonyl (C=O) groups excluding carboxylic acids is 3. The number of amides is 3. The van der Waals surface area contributed by atoms with E-state index in [9.17, 15) is 19.6 Å². The maximum atomic E-state index is 13.0. The van der Waals surface area contributed by atoms with Gasteiger partial charge in [-0.15, -0.1) is 0 Å². The molecule has 0 bridgehead atoms. The van der Waals surface area contributed by atoms with E-state index in [2.05, 4.69) is 27.3 Å². The SMILES string of the molecule is CCOc1ccc(NC(=O)CN2C(=O)S/C(=C/c3cc(Br)ccc3OCc3ccccc3C#N)C2=O)cc1. The summed E-state index contributed by atoms with van der Waals surface area (Å²) in [5.41, 5.74) is 2.33. The van der Waals surface area contributed by atoms with Gasteiger partial charge in [0, 0.05) is 21.3 Å². The lowest BCUT2D eigenvalue weighted by molar-refractivity contribution is -0.127. The minimum atomic E-state index is -0.567. The lowest BCUT2D eigenvalue weighted by Gasteiger charge is -2.13. The highest BCUT2D eigenvalue weighted by molar-refractivity contribution is 9.10. The summed E-state index contributed by atoms with van der Waals surface area (Å²) >= 11 is 4.18. The average molecular weight is 592 g/mol. The van der Waals surface area contributed by atoms with E-state index in [1.807, 2.05) is 13.0 Å². The number of rotatable bonds is 9. The van der Waals surface area contributed by atoms with Crippen molar-refractivity contribution in [3.05, 3.63) is 92.8 Å². The first kappa shape index (κ1) is 27.0. The van der Waals surface area contributed by atoms with Gasteiger partial charge in [0.25, 0.3) is 11.1 Å². The minimum absolute atomic E-state index is 0.152. The molecule has 1 saturated heterocycles. The van der Waals surface area contributed by atoms with Crippen molar-refractivity contribution in [2.75, 3.05) is 18.5 Å². The first-order chi connectivity index (χ1) is 18.4. The van der Waals surface area contributed by atoms with Crippen molar-refractivity contribution in [2.45, 2.75) is 13.5 Å². The van der Waals surface area contributed by atoms with Crippen molar-refractivity contribution in [1.29, 1.82) is 5.26 Å². The molecule has 3 aromatic carbocycles. The Morgan fingerprint density at radius 2 is 1.87 bits per heavy atom. The van der Waals surface area contributed by atoms with E-state index >= 15 is 0 Å². The van der Waals surface area contributed by atoms with Gasteiger partial charge in [0.05, 0.1) is 23.1 Å². The number of halogens is 1. The normalized spacial score (nSPS) is 13.9. The molecule has 0 saturated carbocycles. The van der Waals surface area contributed by atoms with Gasteiger partial charge in [-0.1, -0.05) is 34.1 Å². The number of benzene rings is 3. The molecule has 10 heteroatoms. The molecule has 3 aromatic rings. The van der Waals surface area contributed by atoms with E-state index in [0.717, 1.165) is 26.7 Å². The van der Waals surface area contributed by atoms with Crippen molar-refractivity contribution in [1.82, 2.24) is 4.90 Å². The third kappa shape index (κ3) is 6.62. The van der Waals surface area contributed by atoms with Crippen LogP contribution in [0.4, 0.5) is 10.5 Å². The summed E-state index contributed by atoms with van der Waals surface area (Å²) < 4.78 is 12.1. The highest BCUT2D eigenvalue weighted by atomic mass is 79.9. The number of nitrogens with one attached hydrogen (secondary N) is 1. The predicted octanol–water partition coefficient (Wildman–Crippen LogP) is 5.97. The molecule has 0 atom stereocenters. The second-order valence-electron chi connectivity index (χ2n) is 8.01. The third-order valence-electron chi connectivity index (χ3n) is 5.40. The van der Waals surface area contributed by atoms with Crippen LogP contribution in [-0.4, -0.2) is 35.1 Å². The van der Waals surface area contributed by atoms with Crippen LogP contribution in [0.2, 0.25) is 0 Å². The summed E-state index contributed by atoms with van der Waals surface area (Å²) in [4.78, 5) is 39.2. The van der Waals surface area contributed by atoms with Gasteiger partial charge in [0.15, 0.2) is 0 Å². The molecule has 8 nitrogen and oxygen atoms in total. The molecule has 3 amide bonds. The molecule has 0 unspecified atom stereocenters. The highest BCUT2D eigenvalue weighted by Gasteiger charge is 2.36. The van der Waals surface area contributed by atoms with Crippen LogP contribution in [0.1, 0.15) is 23.6 Å². The highest BCUT2D eigenvalue weighted by Crippen LogP contribution is 2.35. The Morgan fingerprint density at radius 3 is 2.61 bits per heavy atom. The lowest BCUT2D eigenvalue weighted by atomic mass is 10.1. The molecule has 1 N–H and O–H groups in total. The summed E-state index contributed by atoms with van der Waals surface area (Å²) in [6, 6.07) is 21.4. The number of imide groups is 1. The molecule has 0 aliphatic carbocycles. The lowest BCUT2D eigenvalue weighted by Crippen LogP contribution is -2.36. The largest absolute Gasteiger partial charge is 0.494 e. The van der Waals surface area contributed by atoms with Crippen LogP contribution in [0.5, 0.6) is 11.5 Å². The van der Waals surface area contributed by atoms with Crippen molar-refractivity contribution >= 4 is 56.5 Å². The quantitative estimate of drug-likeness (QED) is 0.305. The van der Waals surface area contributed by atoms with Crippen LogP contribution in [0.25, 0.3) is 6.08 Å². The van der Waals surface area contributed by atoms with Crippen molar-refractivity contribution < 1.29 is 23.9 Å². The Bertz CT molecular complexity index is 1450. The number of nitriles is 1. The smallest absolute Gasteiger partial charge is 0.294 e. The van der Waals surface area contributed by atoms with Crippen molar-refractivity contribution in [3.63, 3.8) is 0 Å². The monoisotopic (exact) mass is 591 g/mol. The summed E-state index contributed by atoms with van der Waals surface area (Å²) in [5.74, 6) is 0.0793. The number of thioether (sulfide) groups is 1. The Balaban J connectivity index is 1.46. The van der Waals surface area contributed by atoms with E-state index in [0.29, 0.717) is 34.9 Å². The molecule has 4 rings (SSSR count). The molecule has 1 heterocycles. The molecule has 1 aliphatic heterocycles. The maximum Gasteiger partial charge on any atom is 0.294 e. The minimum Gasteiger partial charge on any atom is -0.494 e. The fourth-order valence-corrected chi connectivity index (χ4v) is 4.81. The number of carbonyl (C=O) groups is 3. The van der Waals surface area contributed by atoms with Gasteiger partial charge in [-0.05, 0) is 73.3 Å². The third-order valence-corrected chi connectivity index (χ3v) is 6.80. The standard InChI is InChI=1S/C28H22BrN3O5S/c1-2-36-23-10-8-22(9-11-23)31-26(33)16-32-27(34)25(38-28(32)35)14-20-13-21(29)7-12-24(20)37-17-19-6-4-3-5-18(19)15-30/h3-14H,2,16-17H2,1H3,(H,31,33)/b25-14+. The van der Waals surface area contributed by atoms with E-state index in [1.54, 1.807) is 66.7 Å². The molecule has 0 spiro atoms. The summed E-state index contributed by atoms with van der Waals surface area (Å²) in [5, 5.41) is 11.5. The Kier molecular flexibility index (Phi) is 8.84. The molecular weight excluding hydrogens is 570 g/mol. The van der Waals surface area contributed by atoms with Gasteiger partial charge in [-0.25, -0.2) is 0 Å². The van der Waals surface area contributed by atoms with Gasteiger partial charge in [-0.3, -0.25) is 19.3 Å². The number of hydrogen-bond donors (Lipinski definition) is 1. The second kappa shape index (κ2) is 12.4. The topological polar surface area (TPSA) is 109 Å². The van der Waals surface area contributed by atoms with Gasteiger partial charge in [-0.2, -0.15) is 5.26 Å². The van der Waals surface area contributed by atoms with E-state index in [1.165, 1.54) is 0 Å². The van der Waals surface area contributed by atoms with Crippen LogP contribution in [0.15, 0.2) is 76.1 Å². The predicted molar refractivity (Wildman–Crippen MR) is 149 cm³/mol. The average Bonchev–Trinajstić information content (AvgIpc) is 3.17. The Labute approximate surface area is 232 Å². The van der Waals surface area contributed by atoms with Crippen LogP contribution < -0.4 is 14.8 Å². The van der Waals surface area contributed by atoms with Crippen molar-refractivity contribution in [2.24, 2.45) is 0 Å². The zero-order valence-corrected chi connectivity index (χ0v) is 22.7. The molecule has 0 radical (unpaired) electrons. The van der Waals surface area contributed by atoms with Gasteiger partial charge in [0.1, 0.15) is 24.7 Å². The van der Waals surface area contributed by atoms with Crippen LogP contribution in [0, 0.1) is 11.3 Å². The summed E-state index contributed by atoms with van der Waals surface area (Å²) in [7, 11) is 0. The van der Waals surface area contributed by atoms with Gasteiger partial charge >= 0.3 is 0 Å². The fraction of sp³-hybridized carbons (Fsp3) is 0.143. The van der Waals surface area contributed by atoms with Gasteiger partial charge in [0.2, 0.25) is 5.91 Å². The van der Waals surface area contributed by atoms with Crippen molar-refractivity contribution in [3.8, 4) is 17.6 Å². The zero-order valence-electron chi connectivity index (χ0n) is 20.3. The Morgan fingerprint density at radius 1 is 1.11 bits per heavy atom. The first-order valence-corrected chi connectivity index (χ1v) is 13.2. The molecule has 192 valence electrons. The first-order valence-electron chi connectivity index (χ1n) is 11.6. The number of anilines is 1. The van der Waals surface area contributed by atoms with E-state index in [4.69, 9.17) is 9.47 Å². The van der Waals surface area contributed by atoms with Crippen LogP contribution in [0.3, 0.4) is 0 Å². The van der Waals surface area contributed by atoms with E-state index < -0.39 is 23.6 Å². The molecule has 1 fully saturated rings. The zero-order chi connectivity index (χ0) is 27.1. The fourth-order valence-electron chi connectivity index (χ4n) is 3.60. The molecular formula is C28H22BrN3O5S. The van der Waals surface area contributed by atoms with Gasteiger partial charge < -0.3 is 14.8 Å². The number of ether oxygens (including phenoxy) is 2. The van der Waals surface area contributed by atoms with Crippen LogP contribution in [-0.2, 0) is 16.2 Å². The summed E-state index contributed by atoms with van der Waals surface area (Å²) in [6.07, 6.45) is 1.56. The maximum absolute atomic E-state index is 13.0.